The summed E-state index contributed by atoms with van der Waals surface area (Å²) in [6, 6.07) is 14.4. The molecule has 0 unspecified atom stereocenters. The van der Waals surface area contributed by atoms with Crippen molar-refractivity contribution in [2.75, 3.05) is 36.4 Å². The molecule has 0 radical (unpaired) electrons. The highest BCUT2D eigenvalue weighted by Crippen LogP contribution is 2.23. The maximum Gasteiger partial charge on any atom is 0.350 e. The molecule has 0 atom stereocenters. The normalized spacial score (nSPS) is 15.6. The van der Waals surface area contributed by atoms with Gasteiger partial charge in [0.15, 0.2) is 0 Å². The van der Waals surface area contributed by atoms with Gasteiger partial charge >= 0.3 is 5.76 Å². The van der Waals surface area contributed by atoms with Gasteiger partial charge < -0.3 is 10.2 Å². The van der Waals surface area contributed by atoms with Gasteiger partial charge in [-0.2, -0.15) is 18.3 Å². The largest absolute Gasteiger partial charge is 0.369 e. The molecule has 1 aromatic heterocycles. The predicted octanol–water partition coefficient (Wildman–Crippen LogP) is 2.37. The van der Waals surface area contributed by atoms with Gasteiger partial charge in [0.05, 0.1) is 0 Å². The standard InChI is InChI=1S/C17H17F2N5O2S/c18-17(19)27(25,26)24-10-8-23(9-11-24)15-6-4-13(5-7-15)21-16-3-1-2-14(12-20)22-16/h1-7,17H,8-11H2,(H,21,22). The van der Waals surface area contributed by atoms with Crippen molar-refractivity contribution >= 4 is 27.2 Å². The quantitative estimate of drug-likeness (QED) is 0.839. The zero-order valence-electron chi connectivity index (χ0n) is 14.2. The van der Waals surface area contributed by atoms with Gasteiger partial charge in [0.1, 0.15) is 17.6 Å². The Morgan fingerprint density at radius 3 is 2.33 bits per heavy atom. The Hall–Kier alpha value is -2.77. The molecule has 1 aliphatic heterocycles. The van der Waals surface area contributed by atoms with E-state index in [-0.39, 0.29) is 13.1 Å². The molecule has 0 amide bonds. The minimum Gasteiger partial charge on any atom is -0.369 e. The topological polar surface area (TPSA) is 89.3 Å². The fourth-order valence-corrected chi connectivity index (χ4v) is 3.68. The highest BCUT2D eigenvalue weighted by Gasteiger charge is 2.34. The number of anilines is 3. The molecule has 1 aromatic carbocycles. The summed E-state index contributed by atoms with van der Waals surface area (Å²) in [4.78, 5) is 6.08. The fourth-order valence-electron chi connectivity index (χ4n) is 2.78. The number of hydrogen-bond acceptors (Lipinski definition) is 6. The van der Waals surface area contributed by atoms with E-state index in [1.165, 1.54) is 0 Å². The molecule has 10 heteroatoms. The van der Waals surface area contributed by atoms with Crippen LogP contribution in [0.3, 0.4) is 0 Å². The molecule has 1 fully saturated rings. The van der Waals surface area contributed by atoms with Crippen molar-refractivity contribution in [3.8, 4) is 6.07 Å². The number of pyridine rings is 1. The van der Waals surface area contributed by atoms with Crippen LogP contribution in [0.25, 0.3) is 0 Å². The lowest BCUT2D eigenvalue weighted by Crippen LogP contribution is -2.50. The molecule has 1 N–H and O–H groups in total. The van der Waals surface area contributed by atoms with Gasteiger partial charge in [-0.25, -0.2) is 13.4 Å². The van der Waals surface area contributed by atoms with E-state index in [0.717, 1.165) is 15.7 Å². The van der Waals surface area contributed by atoms with Crippen molar-refractivity contribution in [2.24, 2.45) is 0 Å². The molecule has 0 saturated carbocycles. The monoisotopic (exact) mass is 393 g/mol. The smallest absolute Gasteiger partial charge is 0.350 e. The van der Waals surface area contributed by atoms with E-state index in [9.17, 15) is 17.2 Å². The van der Waals surface area contributed by atoms with E-state index in [2.05, 4.69) is 10.3 Å². The van der Waals surface area contributed by atoms with Gasteiger partial charge in [0, 0.05) is 37.6 Å². The Morgan fingerprint density at radius 2 is 1.74 bits per heavy atom. The van der Waals surface area contributed by atoms with Gasteiger partial charge in [0.25, 0.3) is 10.0 Å². The number of aromatic nitrogens is 1. The Kier molecular flexibility index (Phi) is 5.53. The van der Waals surface area contributed by atoms with Crippen LogP contribution >= 0.6 is 0 Å². The first-order valence-electron chi connectivity index (χ1n) is 8.16. The molecule has 0 bridgehead atoms. The molecule has 0 aliphatic carbocycles. The van der Waals surface area contributed by atoms with E-state index in [1.54, 1.807) is 18.2 Å². The number of alkyl halides is 2. The van der Waals surface area contributed by atoms with Crippen molar-refractivity contribution in [3.63, 3.8) is 0 Å². The van der Waals surface area contributed by atoms with Crippen molar-refractivity contribution in [1.29, 1.82) is 5.26 Å². The fraction of sp³-hybridized carbons (Fsp3) is 0.294. The lowest BCUT2D eigenvalue weighted by Gasteiger charge is -2.35. The maximum atomic E-state index is 12.6. The third kappa shape index (κ3) is 4.32. The maximum absolute atomic E-state index is 12.6. The number of nitrogens with zero attached hydrogens (tertiary/aromatic N) is 4. The summed E-state index contributed by atoms with van der Waals surface area (Å²) in [6.45, 7) is 0.726. The van der Waals surface area contributed by atoms with Crippen LogP contribution in [0, 0.1) is 11.3 Å². The summed E-state index contributed by atoms with van der Waals surface area (Å²) in [6.07, 6.45) is 0. The summed E-state index contributed by atoms with van der Waals surface area (Å²) >= 11 is 0. The van der Waals surface area contributed by atoms with E-state index >= 15 is 0 Å². The first-order chi connectivity index (χ1) is 12.9. The summed E-state index contributed by atoms with van der Waals surface area (Å²) in [5.41, 5.74) is 1.96. The second-order valence-electron chi connectivity index (χ2n) is 5.88. The van der Waals surface area contributed by atoms with Crippen LogP contribution in [0.1, 0.15) is 5.69 Å². The Balaban J connectivity index is 1.62. The molecule has 7 nitrogen and oxygen atoms in total. The average Bonchev–Trinajstić information content (AvgIpc) is 2.69. The number of rotatable bonds is 5. The highest BCUT2D eigenvalue weighted by atomic mass is 32.2. The lowest BCUT2D eigenvalue weighted by atomic mass is 10.2. The van der Waals surface area contributed by atoms with Crippen LogP contribution in [0.2, 0.25) is 0 Å². The second-order valence-corrected chi connectivity index (χ2v) is 7.79. The molecule has 27 heavy (non-hydrogen) atoms. The molecular formula is C17H17F2N5O2S. The number of piperazine rings is 1. The van der Waals surface area contributed by atoms with E-state index < -0.39 is 15.8 Å². The summed E-state index contributed by atoms with van der Waals surface area (Å²) < 4.78 is 49.1. The lowest BCUT2D eigenvalue weighted by molar-refractivity contribution is 0.217. The highest BCUT2D eigenvalue weighted by molar-refractivity contribution is 7.89. The minimum absolute atomic E-state index is 0.0253. The first-order valence-corrected chi connectivity index (χ1v) is 9.67. The Labute approximate surface area is 155 Å². The second kappa shape index (κ2) is 7.85. The van der Waals surface area contributed by atoms with Gasteiger partial charge in [-0.1, -0.05) is 6.07 Å². The third-order valence-electron chi connectivity index (χ3n) is 4.19. The van der Waals surface area contributed by atoms with E-state index in [1.807, 2.05) is 35.2 Å². The van der Waals surface area contributed by atoms with Crippen molar-refractivity contribution in [1.82, 2.24) is 9.29 Å². The molecule has 0 spiro atoms. The van der Waals surface area contributed by atoms with E-state index in [0.29, 0.717) is 24.6 Å². The number of hydrogen-bond donors (Lipinski definition) is 1. The van der Waals surface area contributed by atoms with Crippen molar-refractivity contribution in [2.45, 2.75) is 5.76 Å². The zero-order valence-corrected chi connectivity index (χ0v) is 15.0. The Bertz CT molecular complexity index is 937. The molecule has 142 valence electrons. The molecule has 1 saturated heterocycles. The predicted molar refractivity (Wildman–Crippen MR) is 97.4 cm³/mol. The van der Waals surface area contributed by atoms with Crippen molar-refractivity contribution in [3.05, 3.63) is 48.2 Å². The van der Waals surface area contributed by atoms with Crippen LogP contribution in [0.5, 0.6) is 0 Å². The van der Waals surface area contributed by atoms with Crippen LogP contribution in [-0.4, -0.2) is 49.6 Å². The number of halogens is 2. The number of sulfonamides is 1. The zero-order chi connectivity index (χ0) is 19.4. The van der Waals surface area contributed by atoms with Crippen LogP contribution in [0.15, 0.2) is 42.5 Å². The summed E-state index contributed by atoms with van der Waals surface area (Å²) in [7, 11) is -4.52. The van der Waals surface area contributed by atoms with Gasteiger partial charge in [-0.3, -0.25) is 0 Å². The van der Waals surface area contributed by atoms with E-state index in [4.69, 9.17) is 5.26 Å². The van der Waals surface area contributed by atoms with Crippen LogP contribution in [-0.2, 0) is 10.0 Å². The minimum atomic E-state index is -4.52. The molecule has 1 aliphatic rings. The average molecular weight is 393 g/mol. The Morgan fingerprint density at radius 1 is 1.07 bits per heavy atom. The van der Waals surface area contributed by atoms with Crippen molar-refractivity contribution < 1.29 is 17.2 Å². The SMILES string of the molecule is N#Cc1cccc(Nc2ccc(N3CCN(S(=O)(=O)C(F)F)CC3)cc2)n1. The third-order valence-corrected chi connectivity index (χ3v) is 5.73. The summed E-state index contributed by atoms with van der Waals surface area (Å²) in [5.74, 6) is -2.84. The van der Waals surface area contributed by atoms with Gasteiger partial charge in [0.2, 0.25) is 0 Å². The molecule has 2 heterocycles. The van der Waals surface area contributed by atoms with Gasteiger partial charge in [-0.15, -0.1) is 0 Å². The summed E-state index contributed by atoms with van der Waals surface area (Å²) in [5, 5.41) is 12.0. The van der Waals surface area contributed by atoms with Crippen LogP contribution in [0.4, 0.5) is 26.0 Å². The van der Waals surface area contributed by atoms with Crippen LogP contribution < -0.4 is 10.2 Å². The number of nitriles is 1. The molecule has 2 aromatic rings. The number of benzene rings is 1. The first kappa shape index (κ1) is 19.0. The van der Waals surface area contributed by atoms with Gasteiger partial charge in [-0.05, 0) is 36.4 Å². The molecule has 3 rings (SSSR count). The number of nitrogens with one attached hydrogen (secondary N) is 1. The molecular weight excluding hydrogens is 376 g/mol.